The van der Waals surface area contributed by atoms with Crippen molar-refractivity contribution in [1.29, 1.82) is 0 Å². The smallest absolute Gasteiger partial charge is 0.242 e. The first kappa shape index (κ1) is 80.5. The van der Waals surface area contributed by atoms with E-state index in [0.29, 0.717) is 68.8 Å². The van der Waals surface area contributed by atoms with Crippen LogP contribution in [0.1, 0.15) is 188 Å². The fourth-order valence-corrected chi connectivity index (χ4v) is 9.75. The quantitative estimate of drug-likeness (QED) is 0.0297. The highest BCUT2D eigenvalue weighted by Gasteiger charge is 2.34. The molecule has 22 nitrogen and oxygen atoms in total. The molecule has 2 unspecified atom stereocenters. The SMILES string of the molecule is CCCCCNC(=O)CBr.CCCCCNC(=O)CSCC(=O)NCCCN(C)CCCNC(=O)CCNC.CNC(=O)C1CCCN1C(=O)CCCCCCCNC(C)=O.CNC(=O)C1CCCN1C(=O)CCCCCCCNC(C)=O. The second kappa shape index (κ2) is 56.6. The van der Waals surface area contributed by atoms with Crippen LogP contribution in [0.25, 0.3) is 0 Å². The lowest BCUT2D eigenvalue weighted by atomic mass is 10.1. The van der Waals surface area contributed by atoms with E-state index in [0.717, 1.165) is 168 Å². The minimum Gasteiger partial charge on any atom is -0.357 e. The minimum absolute atomic E-state index is 0.00116. The number of thioether (sulfide) groups is 1. The first-order chi connectivity index (χ1) is 39.9. The first-order valence-corrected chi connectivity index (χ1v) is 33.2. The predicted octanol–water partition coefficient (Wildman–Crippen LogP) is 4.67. The summed E-state index contributed by atoms with van der Waals surface area (Å²) in [4.78, 5) is 120. The number of likely N-dealkylation sites (tertiary alicyclic amines) is 2. The molecule has 10 amide bonds. The Balaban J connectivity index is 0. The molecule has 2 aliphatic rings. The van der Waals surface area contributed by atoms with Crippen molar-refractivity contribution in [3.05, 3.63) is 0 Å². The number of carbonyl (C=O) groups is 10. The van der Waals surface area contributed by atoms with Gasteiger partial charge in [0.05, 0.1) is 16.8 Å². The van der Waals surface area contributed by atoms with Gasteiger partial charge in [-0.05, 0) is 104 Å². The van der Waals surface area contributed by atoms with Crippen molar-refractivity contribution < 1.29 is 47.9 Å². The van der Waals surface area contributed by atoms with Crippen LogP contribution in [0.2, 0.25) is 0 Å². The first-order valence-electron chi connectivity index (χ1n) is 31.0. The van der Waals surface area contributed by atoms with Crippen molar-refractivity contribution in [3.8, 4) is 0 Å². The fraction of sp³-hybridized carbons (Fsp3) is 0.831. The molecule has 24 heteroatoms. The molecular weight excluding hydrogens is 1150 g/mol. The maximum absolute atomic E-state index is 12.2. The third-order valence-corrected chi connectivity index (χ3v) is 15.0. The third kappa shape index (κ3) is 48.4. The average molecular weight is 1260 g/mol. The van der Waals surface area contributed by atoms with Gasteiger partial charge in [0, 0.05) is 106 Å². The topological polar surface area (TPSA) is 289 Å². The monoisotopic (exact) mass is 1260 g/mol. The van der Waals surface area contributed by atoms with Gasteiger partial charge in [-0.3, -0.25) is 47.9 Å². The number of alkyl halides is 1. The Kier molecular flexibility index (Phi) is 54.9. The summed E-state index contributed by atoms with van der Waals surface area (Å²) < 4.78 is 0. The molecule has 0 bridgehead atoms. The van der Waals surface area contributed by atoms with Crippen LogP contribution < -0.4 is 47.9 Å². The van der Waals surface area contributed by atoms with E-state index in [1.54, 1.807) is 23.9 Å². The van der Waals surface area contributed by atoms with Crippen molar-refractivity contribution >= 4 is 86.8 Å². The largest absolute Gasteiger partial charge is 0.357 e. The van der Waals surface area contributed by atoms with Crippen molar-refractivity contribution in [2.75, 3.05) is 117 Å². The molecule has 2 rings (SSSR count). The van der Waals surface area contributed by atoms with E-state index in [9.17, 15) is 47.9 Å². The van der Waals surface area contributed by atoms with Crippen LogP contribution in [0.4, 0.5) is 0 Å². The van der Waals surface area contributed by atoms with Gasteiger partial charge in [0.1, 0.15) is 12.1 Å². The van der Waals surface area contributed by atoms with Crippen LogP contribution >= 0.6 is 27.7 Å². The summed E-state index contributed by atoms with van der Waals surface area (Å²) in [5, 5.41) is 25.6. The normalized spacial score (nSPS) is 14.1. The standard InChI is InChI=1S/C20H41N5O3S.2C16H29N3O3.C7H14BrNO/c1-4-5-6-10-23-19(27)16-29-17-20(28)24-12-8-15-25(3)14-7-11-22-18(26)9-13-21-2;2*1-13(20)18-11-7-5-3-4-6-10-15(21)19-12-8-9-14(19)16(22)17-2;1-2-3-4-5-9-7(10)6-8/h21H,4-17H2,1-3H3,(H,22,26)(H,23,27)(H,24,28);2*14H,3-12H2,1-2H3,(H,17,22)(H,18,20);2-6H2,1H3,(H,9,10). The Bertz CT molecular complexity index is 1720. The molecule has 0 aromatic heterocycles. The van der Waals surface area contributed by atoms with E-state index in [-0.39, 0.29) is 71.2 Å². The molecule has 2 fully saturated rings. The third-order valence-electron chi connectivity index (χ3n) is 13.6. The molecule has 83 heavy (non-hydrogen) atoms. The van der Waals surface area contributed by atoms with E-state index in [2.05, 4.69) is 82.5 Å². The number of halogens is 1. The molecule has 2 saturated heterocycles. The molecule has 0 aliphatic carbocycles. The molecule has 2 atom stereocenters. The van der Waals surface area contributed by atoms with Gasteiger partial charge in [-0.15, -0.1) is 11.8 Å². The summed E-state index contributed by atoms with van der Waals surface area (Å²) >= 11 is 4.42. The molecular formula is C59H113BrN12O10S. The molecule has 0 aromatic rings. The summed E-state index contributed by atoms with van der Waals surface area (Å²) in [6.07, 6.45) is 23.5. The zero-order chi connectivity index (χ0) is 62.3. The maximum atomic E-state index is 12.2. The van der Waals surface area contributed by atoms with E-state index in [1.165, 1.54) is 38.5 Å². The van der Waals surface area contributed by atoms with Gasteiger partial charge in [0.25, 0.3) is 0 Å². The lowest BCUT2D eigenvalue weighted by Gasteiger charge is -2.23. The number of rotatable bonds is 42. The van der Waals surface area contributed by atoms with Crippen LogP contribution in [-0.2, 0) is 47.9 Å². The van der Waals surface area contributed by atoms with Gasteiger partial charge in [0.15, 0.2) is 0 Å². The number of nitrogens with zero attached hydrogens (tertiary/aromatic N) is 3. The van der Waals surface area contributed by atoms with Crippen molar-refractivity contribution in [1.82, 2.24) is 62.6 Å². The summed E-state index contributed by atoms with van der Waals surface area (Å²) in [7, 11) is 7.10. The molecule has 0 spiro atoms. The second-order valence-corrected chi connectivity index (χ2v) is 22.6. The molecule has 2 heterocycles. The van der Waals surface area contributed by atoms with Gasteiger partial charge in [-0.2, -0.15) is 0 Å². The fourth-order valence-electron chi connectivity index (χ4n) is 8.87. The number of hydrogen-bond donors (Lipinski definition) is 9. The van der Waals surface area contributed by atoms with E-state index in [1.807, 2.05) is 14.1 Å². The van der Waals surface area contributed by atoms with Crippen molar-refractivity contribution in [2.24, 2.45) is 0 Å². The number of carbonyl (C=O) groups excluding carboxylic acids is 10. The van der Waals surface area contributed by atoms with Crippen LogP contribution in [-0.4, -0.2) is 203 Å². The number of nitrogens with one attached hydrogen (secondary N) is 9. The molecule has 0 radical (unpaired) electrons. The molecule has 482 valence electrons. The summed E-state index contributed by atoms with van der Waals surface area (Å²) in [5.74, 6) is 0.899. The van der Waals surface area contributed by atoms with E-state index >= 15 is 0 Å². The Morgan fingerprint density at radius 2 is 0.819 bits per heavy atom. The Morgan fingerprint density at radius 1 is 0.458 bits per heavy atom. The second-order valence-electron chi connectivity index (χ2n) is 21.0. The zero-order valence-corrected chi connectivity index (χ0v) is 54.8. The number of likely N-dealkylation sites (N-methyl/N-ethyl adjacent to an activating group) is 2. The molecule has 0 aromatic carbocycles. The molecule has 0 saturated carbocycles. The highest BCUT2D eigenvalue weighted by atomic mass is 79.9. The number of amides is 10. The van der Waals surface area contributed by atoms with Crippen LogP contribution in [0.3, 0.4) is 0 Å². The van der Waals surface area contributed by atoms with Crippen molar-refractivity contribution in [3.63, 3.8) is 0 Å². The van der Waals surface area contributed by atoms with Crippen LogP contribution in [0.5, 0.6) is 0 Å². The Labute approximate surface area is 512 Å². The zero-order valence-electron chi connectivity index (χ0n) is 52.4. The maximum Gasteiger partial charge on any atom is 0.242 e. The summed E-state index contributed by atoms with van der Waals surface area (Å²) in [6, 6.07) is -0.537. The van der Waals surface area contributed by atoms with Crippen LogP contribution in [0, 0.1) is 0 Å². The lowest BCUT2D eigenvalue weighted by Crippen LogP contribution is -2.44. The van der Waals surface area contributed by atoms with Crippen LogP contribution in [0.15, 0.2) is 0 Å². The highest BCUT2D eigenvalue weighted by Crippen LogP contribution is 2.21. The van der Waals surface area contributed by atoms with Gasteiger partial charge in [-0.25, -0.2) is 0 Å². The van der Waals surface area contributed by atoms with E-state index < -0.39 is 0 Å². The van der Waals surface area contributed by atoms with Gasteiger partial charge >= 0.3 is 0 Å². The van der Waals surface area contributed by atoms with E-state index in [4.69, 9.17) is 0 Å². The average Bonchev–Trinajstić information content (AvgIpc) is 4.33. The Hall–Kier alpha value is -4.55. The van der Waals surface area contributed by atoms with Crippen molar-refractivity contribution in [2.45, 2.75) is 200 Å². The number of unbranched alkanes of at least 4 members (excludes halogenated alkanes) is 12. The highest BCUT2D eigenvalue weighted by molar-refractivity contribution is 9.09. The van der Waals surface area contributed by atoms with Gasteiger partial charge < -0.3 is 62.6 Å². The number of hydrogen-bond acceptors (Lipinski definition) is 13. The molecule has 2 aliphatic heterocycles. The summed E-state index contributed by atoms with van der Waals surface area (Å²) in [6.45, 7) is 15.5. The lowest BCUT2D eigenvalue weighted by molar-refractivity contribution is -0.138. The molecule has 9 N–H and O–H groups in total. The van der Waals surface area contributed by atoms with Gasteiger partial charge in [-0.1, -0.05) is 94.0 Å². The Morgan fingerprint density at radius 3 is 1.20 bits per heavy atom. The summed E-state index contributed by atoms with van der Waals surface area (Å²) in [5.41, 5.74) is 0. The predicted molar refractivity (Wildman–Crippen MR) is 338 cm³/mol. The van der Waals surface area contributed by atoms with Gasteiger partial charge in [0.2, 0.25) is 59.1 Å². The minimum atomic E-state index is -0.268.